The summed E-state index contributed by atoms with van der Waals surface area (Å²) < 4.78 is 25.8. The van der Waals surface area contributed by atoms with E-state index in [1.807, 2.05) is 17.5 Å². The van der Waals surface area contributed by atoms with Crippen molar-refractivity contribution in [2.75, 3.05) is 25.4 Å². The Labute approximate surface area is 107 Å². The van der Waals surface area contributed by atoms with Crippen LogP contribution in [0.2, 0.25) is 0 Å². The summed E-state index contributed by atoms with van der Waals surface area (Å²) in [6, 6.07) is 3.90. The van der Waals surface area contributed by atoms with Gasteiger partial charge in [-0.3, -0.25) is 0 Å². The van der Waals surface area contributed by atoms with Crippen LogP contribution in [0.25, 0.3) is 0 Å². The molecule has 0 fully saturated rings. The lowest BCUT2D eigenvalue weighted by Crippen LogP contribution is -2.33. The van der Waals surface area contributed by atoms with E-state index in [2.05, 4.69) is 17.0 Å². The van der Waals surface area contributed by atoms with Gasteiger partial charge in [0.1, 0.15) is 0 Å². The van der Waals surface area contributed by atoms with Crippen molar-refractivity contribution < 1.29 is 8.42 Å². The second-order valence-electron chi connectivity index (χ2n) is 3.79. The van der Waals surface area contributed by atoms with Crippen LogP contribution in [0, 0.1) is 0 Å². The summed E-state index contributed by atoms with van der Waals surface area (Å²) in [6.45, 7) is 4.16. The van der Waals surface area contributed by atoms with Gasteiger partial charge in [0.05, 0.1) is 5.75 Å². The molecule has 0 amide bonds. The predicted molar refractivity (Wildman–Crippen MR) is 73.0 cm³/mol. The van der Waals surface area contributed by atoms with Crippen molar-refractivity contribution in [1.82, 2.24) is 10.0 Å². The van der Waals surface area contributed by atoms with Crippen LogP contribution < -0.4 is 10.0 Å². The van der Waals surface area contributed by atoms with Gasteiger partial charge in [0.25, 0.3) is 0 Å². The molecule has 0 aliphatic rings. The lowest BCUT2D eigenvalue weighted by molar-refractivity contribution is 0.575. The van der Waals surface area contributed by atoms with Crippen molar-refractivity contribution in [3.05, 3.63) is 22.4 Å². The Morgan fingerprint density at radius 1 is 1.29 bits per heavy atom. The van der Waals surface area contributed by atoms with Crippen molar-refractivity contribution >= 4 is 21.4 Å². The van der Waals surface area contributed by atoms with E-state index < -0.39 is 10.0 Å². The smallest absolute Gasteiger partial charge is 0.211 e. The topological polar surface area (TPSA) is 58.2 Å². The molecule has 0 spiro atoms. The Hall–Kier alpha value is -0.430. The zero-order valence-corrected chi connectivity index (χ0v) is 11.7. The molecular formula is C11H20N2O2S2. The van der Waals surface area contributed by atoms with Gasteiger partial charge in [-0.25, -0.2) is 13.1 Å². The van der Waals surface area contributed by atoms with Gasteiger partial charge in [0, 0.05) is 18.0 Å². The lowest BCUT2D eigenvalue weighted by Gasteiger charge is -2.06. The van der Waals surface area contributed by atoms with Crippen molar-refractivity contribution in [1.29, 1.82) is 0 Å². The standard InChI is InChI=1S/C11H20N2O2S2/c1-2-6-12-7-8-13-17(14,15)10-5-11-4-3-9-16-11/h3-4,9,12-13H,2,5-8,10H2,1H3. The van der Waals surface area contributed by atoms with E-state index in [1.165, 1.54) is 0 Å². The van der Waals surface area contributed by atoms with E-state index in [9.17, 15) is 8.42 Å². The highest BCUT2D eigenvalue weighted by Gasteiger charge is 2.09. The average Bonchev–Trinajstić information content (AvgIpc) is 2.79. The first-order chi connectivity index (χ1) is 8.14. The summed E-state index contributed by atoms with van der Waals surface area (Å²) in [4.78, 5) is 1.11. The molecular weight excluding hydrogens is 256 g/mol. The van der Waals surface area contributed by atoms with Crippen LogP contribution in [0.15, 0.2) is 17.5 Å². The third-order valence-corrected chi connectivity index (χ3v) is 4.57. The fourth-order valence-corrected chi connectivity index (χ4v) is 3.24. The van der Waals surface area contributed by atoms with Crippen LogP contribution in [0.1, 0.15) is 18.2 Å². The van der Waals surface area contributed by atoms with E-state index in [0.29, 0.717) is 19.5 Å². The van der Waals surface area contributed by atoms with Crippen LogP contribution in [-0.2, 0) is 16.4 Å². The van der Waals surface area contributed by atoms with Gasteiger partial charge < -0.3 is 5.32 Å². The van der Waals surface area contributed by atoms with Crippen LogP contribution in [-0.4, -0.2) is 33.8 Å². The van der Waals surface area contributed by atoms with E-state index >= 15 is 0 Å². The molecule has 1 aromatic rings. The number of thiophene rings is 1. The van der Waals surface area contributed by atoms with Crippen LogP contribution in [0.4, 0.5) is 0 Å². The maximum absolute atomic E-state index is 11.6. The first-order valence-electron chi connectivity index (χ1n) is 5.84. The van der Waals surface area contributed by atoms with Gasteiger partial charge in [0.15, 0.2) is 0 Å². The van der Waals surface area contributed by atoms with Gasteiger partial charge in [-0.1, -0.05) is 13.0 Å². The van der Waals surface area contributed by atoms with Gasteiger partial charge in [-0.05, 0) is 30.8 Å². The lowest BCUT2D eigenvalue weighted by atomic mass is 10.4. The maximum Gasteiger partial charge on any atom is 0.211 e. The molecule has 0 aliphatic carbocycles. The third-order valence-electron chi connectivity index (χ3n) is 2.25. The molecule has 0 unspecified atom stereocenters. The first-order valence-corrected chi connectivity index (χ1v) is 8.37. The largest absolute Gasteiger partial charge is 0.315 e. The number of nitrogens with one attached hydrogen (secondary N) is 2. The third kappa shape index (κ3) is 6.78. The van der Waals surface area contributed by atoms with E-state index in [0.717, 1.165) is 17.8 Å². The molecule has 0 saturated heterocycles. The summed E-state index contributed by atoms with van der Waals surface area (Å²) in [7, 11) is -3.13. The molecule has 4 nitrogen and oxygen atoms in total. The quantitative estimate of drug-likeness (QED) is 0.667. The van der Waals surface area contributed by atoms with Crippen molar-refractivity contribution in [2.45, 2.75) is 19.8 Å². The Morgan fingerprint density at radius 2 is 2.12 bits per heavy atom. The second-order valence-corrected chi connectivity index (χ2v) is 6.75. The molecule has 6 heteroatoms. The number of aryl methyl sites for hydroxylation is 1. The average molecular weight is 276 g/mol. The van der Waals surface area contributed by atoms with Gasteiger partial charge in [-0.15, -0.1) is 11.3 Å². The van der Waals surface area contributed by atoms with E-state index in [1.54, 1.807) is 11.3 Å². The SMILES string of the molecule is CCCNCCNS(=O)(=O)CCc1cccs1. The molecule has 1 aromatic heterocycles. The maximum atomic E-state index is 11.6. The van der Waals surface area contributed by atoms with Crippen LogP contribution in [0.3, 0.4) is 0 Å². The summed E-state index contributed by atoms with van der Waals surface area (Å²) in [5.74, 6) is 0.168. The molecule has 17 heavy (non-hydrogen) atoms. The molecule has 0 saturated carbocycles. The van der Waals surface area contributed by atoms with Gasteiger partial charge >= 0.3 is 0 Å². The summed E-state index contributed by atoms with van der Waals surface area (Å²) in [5.41, 5.74) is 0. The number of sulfonamides is 1. The van der Waals surface area contributed by atoms with Crippen LogP contribution >= 0.6 is 11.3 Å². The summed E-state index contributed by atoms with van der Waals surface area (Å²) in [5, 5.41) is 5.11. The second kappa shape index (κ2) is 7.81. The molecule has 0 bridgehead atoms. The molecule has 0 aromatic carbocycles. The fourth-order valence-electron chi connectivity index (χ4n) is 1.36. The Balaban J connectivity index is 2.17. The minimum atomic E-state index is -3.13. The first kappa shape index (κ1) is 14.6. The number of hydrogen-bond acceptors (Lipinski definition) is 4. The van der Waals surface area contributed by atoms with E-state index in [4.69, 9.17) is 0 Å². The highest BCUT2D eigenvalue weighted by atomic mass is 32.2. The molecule has 0 aliphatic heterocycles. The van der Waals surface area contributed by atoms with Crippen LogP contribution in [0.5, 0.6) is 0 Å². The minimum Gasteiger partial charge on any atom is -0.315 e. The highest BCUT2D eigenvalue weighted by Crippen LogP contribution is 2.09. The number of hydrogen-bond donors (Lipinski definition) is 2. The zero-order valence-electron chi connectivity index (χ0n) is 10.1. The monoisotopic (exact) mass is 276 g/mol. The van der Waals surface area contributed by atoms with Gasteiger partial charge in [-0.2, -0.15) is 0 Å². The molecule has 98 valence electrons. The molecule has 0 atom stereocenters. The predicted octanol–water partition coefficient (Wildman–Crippen LogP) is 1.21. The summed E-state index contributed by atoms with van der Waals surface area (Å²) >= 11 is 1.59. The fraction of sp³-hybridized carbons (Fsp3) is 0.636. The number of rotatable bonds is 9. The van der Waals surface area contributed by atoms with Crippen molar-refractivity contribution in [3.63, 3.8) is 0 Å². The normalized spacial score (nSPS) is 11.8. The molecule has 1 heterocycles. The molecule has 2 N–H and O–H groups in total. The minimum absolute atomic E-state index is 0.168. The van der Waals surface area contributed by atoms with Crippen molar-refractivity contribution in [3.8, 4) is 0 Å². The summed E-state index contributed by atoms with van der Waals surface area (Å²) in [6.07, 6.45) is 1.65. The van der Waals surface area contributed by atoms with Gasteiger partial charge in [0.2, 0.25) is 10.0 Å². The van der Waals surface area contributed by atoms with E-state index in [-0.39, 0.29) is 5.75 Å². The zero-order chi connectivity index (χ0) is 12.6. The Kier molecular flexibility index (Phi) is 6.72. The molecule has 0 radical (unpaired) electrons. The highest BCUT2D eigenvalue weighted by molar-refractivity contribution is 7.89. The van der Waals surface area contributed by atoms with Crippen molar-refractivity contribution in [2.24, 2.45) is 0 Å². The molecule has 1 rings (SSSR count). The Morgan fingerprint density at radius 3 is 2.76 bits per heavy atom. The Bertz CT molecular complexity index is 388.